The van der Waals surface area contributed by atoms with Crippen LogP contribution in [0.5, 0.6) is 0 Å². The van der Waals surface area contributed by atoms with Crippen LogP contribution < -0.4 is 0 Å². The molecule has 0 amide bonds. The summed E-state index contributed by atoms with van der Waals surface area (Å²) in [5.74, 6) is -0.810. The Labute approximate surface area is 101 Å². The van der Waals surface area contributed by atoms with Crippen LogP contribution in [0.25, 0.3) is 0 Å². The molecule has 1 aromatic carbocycles. The smallest absolute Gasteiger partial charge is 0.303 e. The molecule has 5 heteroatoms. The Morgan fingerprint density at radius 2 is 2.00 bits per heavy atom. The third kappa shape index (κ3) is 4.19. The highest BCUT2D eigenvalue weighted by Crippen LogP contribution is 2.17. The highest BCUT2D eigenvalue weighted by atomic mass is 32.2. The summed E-state index contributed by atoms with van der Waals surface area (Å²) in [4.78, 5) is 10.7. The molecule has 1 aromatic rings. The molecule has 0 heterocycles. The lowest BCUT2D eigenvalue weighted by atomic mass is 10.0. The molecule has 0 aliphatic heterocycles. The van der Waals surface area contributed by atoms with Gasteiger partial charge in [-0.15, -0.1) is 0 Å². The first kappa shape index (κ1) is 13.7. The van der Waals surface area contributed by atoms with Gasteiger partial charge in [-0.2, -0.15) is 0 Å². The summed E-state index contributed by atoms with van der Waals surface area (Å²) in [6.07, 6.45) is 2.52. The van der Waals surface area contributed by atoms with Gasteiger partial charge in [-0.3, -0.25) is 4.79 Å². The minimum absolute atomic E-state index is 0.132. The molecule has 17 heavy (non-hydrogen) atoms. The molecule has 1 rings (SSSR count). The van der Waals surface area contributed by atoms with Crippen molar-refractivity contribution in [2.45, 2.75) is 31.1 Å². The third-order valence-electron chi connectivity index (χ3n) is 2.58. The van der Waals surface area contributed by atoms with Crippen LogP contribution >= 0.6 is 0 Å². The summed E-state index contributed by atoms with van der Waals surface area (Å²) in [5.41, 5.74) is 1.89. The Hall–Kier alpha value is -1.36. The topological polar surface area (TPSA) is 71.4 Å². The second-order valence-electron chi connectivity index (χ2n) is 4.11. The summed E-state index contributed by atoms with van der Waals surface area (Å²) >= 11 is 0. The van der Waals surface area contributed by atoms with E-state index < -0.39 is 15.8 Å². The Morgan fingerprint density at radius 3 is 2.47 bits per heavy atom. The number of hydrogen-bond acceptors (Lipinski definition) is 3. The number of sulfone groups is 1. The highest BCUT2D eigenvalue weighted by Gasteiger charge is 2.09. The average Bonchev–Trinajstić information content (AvgIpc) is 2.18. The van der Waals surface area contributed by atoms with Crippen molar-refractivity contribution < 1.29 is 18.3 Å². The van der Waals surface area contributed by atoms with Crippen molar-refractivity contribution in [1.29, 1.82) is 0 Å². The van der Waals surface area contributed by atoms with Crippen molar-refractivity contribution in [3.8, 4) is 0 Å². The van der Waals surface area contributed by atoms with Crippen LogP contribution in [-0.4, -0.2) is 25.7 Å². The molecule has 0 spiro atoms. The van der Waals surface area contributed by atoms with E-state index in [1.807, 2.05) is 6.92 Å². The van der Waals surface area contributed by atoms with Gasteiger partial charge in [-0.05, 0) is 43.0 Å². The van der Waals surface area contributed by atoms with Crippen molar-refractivity contribution in [1.82, 2.24) is 0 Å². The van der Waals surface area contributed by atoms with Gasteiger partial charge >= 0.3 is 5.97 Å². The van der Waals surface area contributed by atoms with Gasteiger partial charge in [0.05, 0.1) is 4.90 Å². The summed E-state index contributed by atoms with van der Waals surface area (Å²) in [6, 6.07) is 4.96. The van der Waals surface area contributed by atoms with Gasteiger partial charge < -0.3 is 5.11 Å². The number of aryl methyl sites for hydroxylation is 2. The number of carboxylic acids is 1. The number of hydrogen-bond donors (Lipinski definition) is 1. The largest absolute Gasteiger partial charge is 0.481 e. The van der Waals surface area contributed by atoms with Crippen molar-refractivity contribution in [3.05, 3.63) is 29.3 Å². The van der Waals surface area contributed by atoms with E-state index in [9.17, 15) is 13.2 Å². The van der Waals surface area contributed by atoms with Crippen LogP contribution in [0.3, 0.4) is 0 Å². The first-order chi connectivity index (χ1) is 7.80. The van der Waals surface area contributed by atoms with Gasteiger partial charge in [0.15, 0.2) is 9.84 Å². The zero-order chi connectivity index (χ0) is 13.1. The minimum Gasteiger partial charge on any atom is -0.481 e. The second-order valence-corrected chi connectivity index (χ2v) is 6.12. The summed E-state index contributed by atoms with van der Waals surface area (Å²) in [5, 5.41) is 8.53. The fourth-order valence-corrected chi connectivity index (χ4v) is 2.32. The molecule has 0 atom stereocenters. The van der Waals surface area contributed by atoms with E-state index >= 15 is 0 Å². The van der Waals surface area contributed by atoms with Gasteiger partial charge in [-0.1, -0.05) is 6.07 Å². The van der Waals surface area contributed by atoms with E-state index in [4.69, 9.17) is 5.11 Å². The van der Waals surface area contributed by atoms with Gasteiger partial charge in [0.2, 0.25) is 0 Å². The SMILES string of the molecule is Cc1cc(S(C)(=O)=O)ccc1CCCC(=O)O. The zero-order valence-electron chi connectivity index (χ0n) is 9.93. The number of carbonyl (C=O) groups is 1. The average molecular weight is 256 g/mol. The molecule has 0 saturated heterocycles. The van der Waals surface area contributed by atoms with Crippen molar-refractivity contribution in [2.24, 2.45) is 0 Å². The van der Waals surface area contributed by atoms with E-state index in [1.54, 1.807) is 18.2 Å². The van der Waals surface area contributed by atoms with Crippen LogP contribution in [0.4, 0.5) is 0 Å². The van der Waals surface area contributed by atoms with Gasteiger partial charge in [0.1, 0.15) is 0 Å². The van der Waals surface area contributed by atoms with E-state index in [0.29, 0.717) is 17.7 Å². The third-order valence-corrected chi connectivity index (χ3v) is 3.69. The Morgan fingerprint density at radius 1 is 1.35 bits per heavy atom. The van der Waals surface area contributed by atoms with Gasteiger partial charge in [-0.25, -0.2) is 8.42 Å². The van der Waals surface area contributed by atoms with Gasteiger partial charge in [0.25, 0.3) is 0 Å². The molecule has 1 N–H and O–H groups in total. The zero-order valence-corrected chi connectivity index (χ0v) is 10.8. The van der Waals surface area contributed by atoms with Crippen LogP contribution in [0.1, 0.15) is 24.0 Å². The van der Waals surface area contributed by atoms with Crippen LogP contribution in [-0.2, 0) is 21.1 Å². The van der Waals surface area contributed by atoms with Crippen molar-refractivity contribution in [3.63, 3.8) is 0 Å². The molecule has 0 unspecified atom stereocenters. The standard InChI is InChI=1S/C12H16O4S/c1-9-8-11(17(2,15)16)7-6-10(9)4-3-5-12(13)14/h6-8H,3-5H2,1-2H3,(H,13,14). The second kappa shape index (κ2) is 5.31. The molecule has 0 aliphatic carbocycles. The fourth-order valence-electron chi connectivity index (χ4n) is 1.61. The van der Waals surface area contributed by atoms with E-state index in [-0.39, 0.29) is 6.42 Å². The molecule has 0 bridgehead atoms. The molecular formula is C12H16O4S. The van der Waals surface area contributed by atoms with Crippen LogP contribution in [0, 0.1) is 6.92 Å². The van der Waals surface area contributed by atoms with E-state index in [2.05, 4.69) is 0 Å². The molecule has 0 aliphatic rings. The lowest BCUT2D eigenvalue weighted by Gasteiger charge is -2.07. The highest BCUT2D eigenvalue weighted by molar-refractivity contribution is 7.90. The Kier molecular flexibility index (Phi) is 4.28. The normalized spacial score (nSPS) is 11.4. The van der Waals surface area contributed by atoms with Crippen molar-refractivity contribution >= 4 is 15.8 Å². The monoisotopic (exact) mass is 256 g/mol. The number of carboxylic acid groups (broad SMARTS) is 1. The molecule has 0 saturated carbocycles. The maximum Gasteiger partial charge on any atom is 0.303 e. The van der Waals surface area contributed by atoms with E-state index in [0.717, 1.165) is 11.1 Å². The summed E-state index contributed by atoms with van der Waals surface area (Å²) in [6.45, 7) is 1.84. The van der Waals surface area contributed by atoms with Crippen LogP contribution in [0.15, 0.2) is 23.1 Å². The Bertz CT molecular complexity index is 517. The molecule has 94 valence electrons. The predicted octanol–water partition coefficient (Wildman–Crippen LogP) is 1.81. The molecule has 0 radical (unpaired) electrons. The minimum atomic E-state index is -3.17. The van der Waals surface area contributed by atoms with Gasteiger partial charge in [0, 0.05) is 12.7 Å². The van der Waals surface area contributed by atoms with E-state index in [1.165, 1.54) is 6.26 Å². The molecular weight excluding hydrogens is 240 g/mol. The number of benzene rings is 1. The molecule has 0 fully saturated rings. The number of rotatable bonds is 5. The van der Waals surface area contributed by atoms with Crippen molar-refractivity contribution in [2.75, 3.05) is 6.26 Å². The maximum atomic E-state index is 11.3. The quantitative estimate of drug-likeness (QED) is 0.872. The first-order valence-electron chi connectivity index (χ1n) is 5.32. The molecule has 4 nitrogen and oxygen atoms in total. The van der Waals surface area contributed by atoms with Crippen LogP contribution in [0.2, 0.25) is 0 Å². The summed E-state index contributed by atoms with van der Waals surface area (Å²) < 4.78 is 22.6. The lowest BCUT2D eigenvalue weighted by molar-refractivity contribution is -0.137. The first-order valence-corrected chi connectivity index (χ1v) is 7.21. The Balaban J connectivity index is 2.80. The molecule has 0 aromatic heterocycles. The predicted molar refractivity (Wildman–Crippen MR) is 64.9 cm³/mol. The number of aliphatic carboxylic acids is 1. The maximum absolute atomic E-state index is 11.3. The lowest BCUT2D eigenvalue weighted by Crippen LogP contribution is -2.00. The fraction of sp³-hybridized carbons (Fsp3) is 0.417. The summed E-state index contributed by atoms with van der Waals surface area (Å²) in [7, 11) is -3.17.